The van der Waals surface area contributed by atoms with Crippen LogP contribution >= 0.6 is 43.2 Å². The number of hydrogen-bond donors (Lipinski definition) is 7. The molecular weight excluding hydrogens is 1970 g/mol. The van der Waals surface area contributed by atoms with Crippen LogP contribution in [-0.4, -0.2) is 304 Å². The molecule has 7 N–H and O–H groups in total. The number of amides is 7. The molecule has 0 bridgehead atoms. The average molecular weight is 2110 g/mol. The lowest BCUT2D eigenvalue weighted by atomic mass is 9.76. The highest BCUT2D eigenvalue weighted by atomic mass is 33.1. The Labute approximate surface area is 864 Å². The number of esters is 1. The summed E-state index contributed by atoms with van der Waals surface area (Å²) in [5, 5.41) is 22.5. The molecule has 0 saturated heterocycles. The SMILES string of the molecule is CCC1(OC(=O)OCCSSCC(NC(C)=O)C(=O)NCCCC[C@H](NC(=O)C(CSSCCOC(=O)OC2(CC)C(=O)OCc3c2cc2n(c3=O)Cc3cc4ccccc4nc3-2)NC(C)=O)C(=O)C[C@@H](CCCCNC(=O)CCOCCOCCOCCOCCOC)C(=O)NC(CCCCNC(=O)CCOCCOCCOCCOCCOC)C(C)=O)C(=O)CCc2c1cc1n(c2=O)Cc2cc3ccccc3cc2-1. The number of nitrogens with zero attached hydrogens (tertiary/aromatic N) is 3. The predicted octanol–water partition coefficient (Wildman–Crippen LogP) is 8.53. The number of benzene rings is 3. The second-order valence-electron chi connectivity index (χ2n) is 35.1. The zero-order valence-electron chi connectivity index (χ0n) is 84.1. The number of cyclic esters (lactones) is 1. The van der Waals surface area contributed by atoms with Gasteiger partial charge in [0.25, 0.3) is 11.1 Å². The van der Waals surface area contributed by atoms with Crippen molar-refractivity contribution in [2.45, 2.75) is 192 Å². The summed E-state index contributed by atoms with van der Waals surface area (Å²) >= 11 is 0. The van der Waals surface area contributed by atoms with Crippen LogP contribution < -0.4 is 48.3 Å². The number of unbranched alkanes of at least 4 members (excludes halogenated alkanes) is 3. The Morgan fingerprint density at radius 3 is 1.44 bits per heavy atom. The first-order chi connectivity index (χ1) is 70.7. The third kappa shape index (κ3) is 35.9. The molecule has 800 valence electrons. The molecule has 0 saturated carbocycles. The van der Waals surface area contributed by atoms with E-state index in [4.69, 9.17) is 76.0 Å². The Morgan fingerprint density at radius 1 is 0.445 bits per heavy atom. The van der Waals surface area contributed by atoms with E-state index in [0.29, 0.717) is 152 Å². The number of aromatic nitrogens is 3. The molecule has 146 heavy (non-hydrogen) atoms. The van der Waals surface area contributed by atoms with Crippen LogP contribution in [0.4, 0.5) is 9.59 Å². The molecule has 6 heterocycles. The Kier molecular flexibility index (Phi) is 50.5. The van der Waals surface area contributed by atoms with Crippen LogP contribution in [0.2, 0.25) is 0 Å². The van der Waals surface area contributed by atoms with Crippen LogP contribution in [0, 0.1) is 5.92 Å². The number of methoxy groups -OCH3 is 2. The summed E-state index contributed by atoms with van der Waals surface area (Å²) in [6.07, 6.45) is -0.621. The molecule has 44 heteroatoms. The van der Waals surface area contributed by atoms with Crippen LogP contribution in [0.25, 0.3) is 44.3 Å². The monoisotopic (exact) mass is 2110 g/mol. The zero-order chi connectivity index (χ0) is 105. The van der Waals surface area contributed by atoms with Crippen LogP contribution in [0.3, 0.4) is 0 Å². The van der Waals surface area contributed by atoms with Crippen molar-refractivity contribution in [3.8, 4) is 22.6 Å². The highest BCUT2D eigenvalue weighted by Gasteiger charge is 2.52. The Hall–Kier alpha value is -10.5. The minimum atomic E-state index is -2.06. The molecule has 3 aliphatic heterocycles. The smallest absolute Gasteiger partial charge is 0.457 e. The molecule has 6 aromatic rings. The second-order valence-corrected chi connectivity index (χ2v) is 40.4. The summed E-state index contributed by atoms with van der Waals surface area (Å²) in [5.41, 5.74) is 1.37. The Bertz CT molecular complexity index is 5520. The van der Waals surface area contributed by atoms with Crippen LogP contribution in [0.5, 0.6) is 0 Å². The minimum Gasteiger partial charge on any atom is -0.457 e. The first-order valence-corrected chi connectivity index (χ1v) is 54.7. The van der Waals surface area contributed by atoms with E-state index in [1.165, 1.54) is 42.4 Å². The van der Waals surface area contributed by atoms with Gasteiger partial charge in [0.1, 0.15) is 31.9 Å². The number of rotatable bonds is 72. The Balaban J connectivity index is 0.754. The largest absolute Gasteiger partial charge is 0.509 e. The van der Waals surface area contributed by atoms with Crippen LogP contribution in [-0.2, 0) is 161 Å². The maximum atomic E-state index is 15.2. The van der Waals surface area contributed by atoms with Crippen molar-refractivity contribution in [2.75, 3.05) is 189 Å². The summed E-state index contributed by atoms with van der Waals surface area (Å²) in [5.74, 6) is -6.80. The summed E-state index contributed by atoms with van der Waals surface area (Å²) in [6, 6.07) is 20.1. The van der Waals surface area contributed by atoms with Gasteiger partial charge in [-0.05, 0) is 130 Å². The van der Waals surface area contributed by atoms with Gasteiger partial charge in [-0.3, -0.25) is 57.5 Å². The number of ketones is 3. The molecule has 0 fully saturated rings. The maximum Gasteiger partial charge on any atom is 0.509 e. The van der Waals surface area contributed by atoms with Gasteiger partial charge >= 0.3 is 18.3 Å². The van der Waals surface area contributed by atoms with E-state index in [1.54, 1.807) is 49.3 Å². The fourth-order valence-electron chi connectivity index (χ4n) is 17.1. The van der Waals surface area contributed by atoms with Gasteiger partial charge in [0.05, 0.1) is 172 Å². The summed E-state index contributed by atoms with van der Waals surface area (Å²) in [4.78, 5) is 212. The van der Waals surface area contributed by atoms with E-state index in [1.807, 2.05) is 60.7 Å². The van der Waals surface area contributed by atoms with E-state index in [9.17, 15) is 67.1 Å². The molecule has 40 nitrogen and oxygen atoms in total. The first kappa shape index (κ1) is 117. The van der Waals surface area contributed by atoms with E-state index in [2.05, 4.69) is 43.3 Å². The number of ether oxygens (including phenoxy) is 15. The van der Waals surface area contributed by atoms with Gasteiger partial charge in [-0.15, -0.1) is 0 Å². The van der Waals surface area contributed by atoms with E-state index in [-0.39, 0.29) is 213 Å². The molecule has 7 amide bonds. The predicted molar refractivity (Wildman–Crippen MR) is 548 cm³/mol. The van der Waals surface area contributed by atoms with Gasteiger partial charge in [0, 0.05) is 136 Å². The number of carbonyl (C=O) groups excluding carboxylic acids is 13. The quantitative estimate of drug-likeness (QED) is 0.00812. The number of para-hydroxylation sites is 1. The fourth-order valence-corrected chi connectivity index (χ4v) is 21.1. The fraction of sp³-hybridized carbons (Fsp3) is 0.588. The van der Waals surface area contributed by atoms with E-state index in [0.717, 1.165) is 54.4 Å². The second kappa shape index (κ2) is 62.7. The lowest BCUT2D eigenvalue weighted by molar-refractivity contribution is -0.175. The van der Waals surface area contributed by atoms with Gasteiger partial charge in [-0.25, -0.2) is 19.4 Å². The lowest BCUT2D eigenvalue weighted by Gasteiger charge is -2.36. The topological polar surface area (TPSA) is 501 Å². The molecule has 0 radical (unpaired) electrons. The number of pyridine rings is 3. The van der Waals surface area contributed by atoms with Crippen LogP contribution in [0.1, 0.15) is 164 Å². The van der Waals surface area contributed by atoms with Crippen molar-refractivity contribution >= 4 is 142 Å². The van der Waals surface area contributed by atoms with Gasteiger partial charge in [0.2, 0.25) is 47.0 Å². The highest BCUT2D eigenvalue weighted by Crippen LogP contribution is 2.45. The van der Waals surface area contributed by atoms with Gasteiger partial charge in [-0.1, -0.05) is 106 Å². The minimum absolute atomic E-state index is 0.00782. The van der Waals surface area contributed by atoms with Crippen molar-refractivity contribution in [1.82, 2.24) is 51.3 Å². The number of carbonyl (C=O) groups is 13. The lowest BCUT2D eigenvalue weighted by Crippen LogP contribution is -2.52. The van der Waals surface area contributed by atoms with Crippen molar-refractivity contribution in [2.24, 2.45) is 5.92 Å². The number of nitrogens with one attached hydrogen (secondary N) is 7. The normalized spacial score (nSPS) is 15.7. The van der Waals surface area contributed by atoms with Crippen molar-refractivity contribution in [3.63, 3.8) is 0 Å². The summed E-state index contributed by atoms with van der Waals surface area (Å²) in [6.45, 7) is 13.7. The molecule has 1 aliphatic carbocycles. The van der Waals surface area contributed by atoms with E-state index >= 15 is 4.79 Å². The number of fused-ring (bicyclic) bond motifs is 10. The average Bonchev–Trinajstić information content (AvgIpc) is 1.46. The zero-order valence-corrected chi connectivity index (χ0v) is 87.4. The standard InChI is InChI=1S/C102H138N10O30S4/c1-8-101(79-60-86-77-58-71-21-11-10-20-70(71)56-74(77)62-111(86)96(123)76(79)27-28-89(101)117)141-99(126)138-52-54-143-145-65-84(106-68(4)114)94(121)105-33-19-16-26-83(110-95(122)85(107-69(5)115)66-146-144-55-53-139-100(127)142-102(9-2)80-61-87-92-75(57-72-22-12-13-25-82(72)108-92)63-112(87)97(124)78(80)64-140-98(102)125)88(116)59-73(23-14-17-31-103-90(118)29-34-130-40-42-134-48-50-136-46-44-132-38-36-128-6)93(120)109-81(67(3)113)24-15-18-32-104-91(119)30-35-131-41-43-135-49-51-137-47-45-133-39-37-129-7/h10-13,20-22,25,56-58,60-61,73,81,83-85H,8-9,14-19,23-24,26-55,59,62-66H2,1-7H3,(H,103,118)(H,104,119)(H,105,121)(H,106,114)(H,107,115)(H,109,120)(H,110,122)/t73-,81?,83+,84?,85?,101?,102?/m1/s1. The van der Waals surface area contributed by atoms with Crippen molar-refractivity contribution in [3.05, 3.63) is 133 Å². The highest BCUT2D eigenvalue weighted by molar-refractivity contribution is 8.77. The molecule has 7 atom stereocenters. The van der Waals surface area contributed by atoms with Gasteiger partial charge in [-0.2, -0.15) is 0 Å². The van der Waals surface area contributed by atoms with Gasteiger partial charge in [0.15, 0.2) is 23.0 Å². The molecular formula is C102H138N10O30S4. The third-order valence-electron chi connectivity index (χ3n) is 24.8. The molecule has 3 aromatic carbocycles. The Morgan fingerprint density at radius 2 is 0.897 bits per heavy atom. The van der Waals surface area contributed by atoms with Crippen molar-refractivity contribution < 1.29 is 133 Å². The molecule has 0 spiro atoms. The van der Waals surface area contributed by atoms with Crippen molar-refractivity contribution in [1.29, 1.82) is 0 Å². The third-order valence-corrected chi connectivity index (χ3v) is 29.5. The maximum absolute atomic E-state index is 15.2. The number of Topliss-reactive ketones (excluding diaryl/α,β-unsaturated/α-hetero) is 3. The molecule has 5 unspecified atom stereocenters. The molecule has 10 rings (SSSR count). The summed E-state index contributed by atoms with van der Waals surface area (Å²) in [7, 11) is 7.88. The van der Waals surface area contributed by atoms with Gasteiger partial charge < -0.3 is 117 Å². The molecule has 4 aliphatic rings. The van der Waals surface area contributed by atoms with E-state index < -0.39 is 107 Å². The summed E-state index contributed by atoms with van der Waals surface area (Å²) < 4.78 is 85.6. The van der Waals surface area contributed by atoms with Crippen LogP contribution in [0.15, 0.2) is 88.5 Å². The number of hydrogen-bond acceptors (Lipinski definition) is 35. The molecule has 3 aromatic heterocycles. The first-order valence-electron chi connectivity index (χ1n) is 49.7.